The Kier molecular flexibility index (Phi) is 4.23. The summed E-state index contributed by atoms with van der Waals surface area (Å²) in [5.41, 5.74) is 0.723. The zero-order valence-electron chi connectivity index (χ0n) is 12.4. The van der Waals surface area contributed by atoms with Crippen LogP contribution in [0.2, 0.25) is 0 Å². The van der Waals surface area contributed by atoms with Gasteiger partial charge < -0.3 is 9.84 Å². The van der Waals surface area contributed by atoms with E-state index in [1.807, 2.05) is 0 Å². The van der Waals surface area contributed by atoms with Gasteiger partial charge in [-0.2, -0.15) is 13.2 Å². The number of aliphatic carboxylic acids is 1. The lowest BCUT2D eigenvalue weighted by atomic mass is 9.92. The number of para-hydroxylation sites is 1. The van der Waals surface area contributed by atoms with Crippen molar-refractivity contribution in [2.45, 2.75) is 19.1 Å². The van der Waals surface area contributed by atoms with Gasteiger partial charge in [0.05, 0.1) is 5.92 Å². The molecule has 2 aliphatic rings. The molecule has 126 valence electrons. The molecule has 0 amide bonds. The van der Waals surface area contributed by atoms with E-state index in [0.717, 1.165) is 25.1 Å². The predicted molar refractivity (Wildman–Crippen MR) is 76.0 cm³/mol. The van der Waals surface area contributed by atoms with Crippen molar-refractivity contribution in [1.29, 1.82) is 0 Å². The molecule has 0 radical (unpaired) electrons. The van der Waals surface area contributed by atoms with Crippen LogP contribution in [0.5, 0.6) is 5.75 Å². The van der Waals surface area contributed by atoms with Crippen molar-refractivity contribution in [2.75, 3.05) is 19.7 Å². The second-order valence-electron chi connectivity index (χ2n) is 6.31. The molecular formula is C16H18F3NO3. The van der Waals surface area contributed by atoms with E-state index in [2.05, 4.69) is 4.90 Å². The molecular weight excluding hydrogens is 311 g/mol. The second kappa shape index (κ2) is 6.03. The van der Waals surface area contributed by atoms with Crippen molar-refractivity contribution in [3.05, 3.63) is 29.8 Å². The quantitative estimate of drug-likeness (QED) is 0.872. The van der Waals surface area contributed by atoms with E-state index in [1.54, 1.807) is 24.3 Å². The molecule has 0 aromatic heterocycles. The van der Waals surface area contributed by atoms with E-state index in [4.69, 9.17) is 9.84 Å². The number of nitrogens with zero attached hydrogens (tertiary/aromatic N) is 1. The summed E-state index contributed by atoms with van der Waals surface area (Å²) in [7, 11) is 0. The summed E-state index contributed by atoms with van der Waals surface area (Å²) in [6.07, 6.45) is -3.61. The first kappa shape index (κ1) is 16.1. The zero-order valence-corrected chi connectivity index (χ0v) is 12.4. The molecule has 23 heavy (non-hydrogen) atoms. The van der Waals surface area contributed by atoms with E-state index >= 15 is 0 Å². The Morgan fingerprint density at radius 2 is 2.00 bits per heavy atom. The summed E-state index contributed by atoms with van der Waals surface area (Å²) in [6.45, 7) is 0.814. The molecule has 0 spiro atoms. The van der Waals surface area contributed by atoms with Crippen LogP contribution in [-0.2, 0) is 11.3 Å². The first-order chi connectivity index (χ1) is 10.8. The van der Waals surface area contributed by atoms with Gasteiger partial charge >= 0.3 is 12.1 Å². The van der Waals surface area contributed by atoms with Crippen LogP contribution in [0.4, 0.5) is 13.2 Å². The van der Waals surface area contributed by atoms with Crippen LogP contribution in [0.3, 0.4) is 0 Å². The number of alkyl halides is 3. The largest absolute Gasteiger partial charge is 0.484 e. The molecule has 1 heterocycles. The SMILES string of the molecule is O=C(O)[C@@H]1C[C@H]1C1CN(Cc2ccccc2OCC(F)(F)F)C1. The first-order valence-corrected chi connectivity index (χ1v) is 7.56. The average Bonchev–Trinajstić information content (AvgIpc) is 3.20. The van der Waals surface area contributed by atoms with Crippen molar-refractivity contribution in [3.8, 4) is 5.75 Å². The Morgan fingerprint density at radius 1 is 1.30 bits per heavy atom. The van der Waals surface area contributed by atoms with Crippen molar-refractivity contribution >= 4 is 5.97 Å². The molecule has 1 N–H and O–H groups in total. The van der Waals surface area contributed by atoms with Crippen LogP contribution in [0.1, 0.15) is 12.0 Å². The predicted octanol–water partition coefficient (Wildman–Crippen LogP) is 2.78. The van der Waals surface area contributed by atoms with Crippen LogP contribution >= 0.6 is 0 Å². The highest BCUT2D eigenvalue weighted by molar-refractivity contribution is 5.73. The van der Waals surface area contributed by atoms with Gasteiger partial charge in [0.25, 0.3) is 0 Å². The van der Waals surface area contributed by atoms with E-state index in [-0.39, 0.29) is 17.6 Å². The van der Waals surface area contributed by atoms with Gasteiger partial charge in [0, 0.05) is 25.2 Å². The molecule has 0 unspecified atom stereocenters. The lowest BCUT2D eigenvalue weighted by Gasteiger charge is -2.40. The Labute approximate surface area is 131 Å². The molecule has 1 aliphatic heterocycles. The van der Waals surface area contributed by atoms with E-state index < -0.39 is 18.8 Å². The minimum atomic E-state index is -4.35. The summed E-state index contributed by atoms with van der Waals surface area (Å²) in [4.78, 5) is 13.0. The highest BCUT2D eigenvalue weighted by Crippen LogP contribution is 2.48. The lowest BCUT2D eigenvalue weighted by Crippen LogP contribution is -2.47. The minimum Gasteiger partial charge on any atom is -0.484 e. The van der Waals surface area contributed by atoms with Gasteiger partial charge in [-0.3, -0.25) is 9.69 Å². The normalized spacial score (nSPS) is 25.0. The van der Waals surface area contributed by atoms with Crippen molar-refractivity contribution in [2.24, 2.45) is 17.8 Å². The highest BCUT2D eigenvalue weighted by atomic mass is 19.4. The van der Waals surface area contributed by atoms with E-state index in [9.17, 15) is 18.0 Å². The van der Waals surface area contributed by atoms with E-state index in [0.29, 0.717) is 12.5 Å². The third-order valence-electron chi connectivity index (χ3n) is 4.51. The maximum Gasteiger partial charge on any atom is 0.422 e. The molecule has 2 fully saturated rings. The van der Waals surface area contributed by atoms with Gasteiger partial charge in [0.2, 0.25) is 0 Å². The van der Waals surface area contributed by atoms with Gasteiger partial charge in [-0.15, -0.1) is 0 Å². The number of halogens is 3. The monoisotopic (exact) mass is 329 g/mol. The number of carboxylic acid groups (broad SMARTS) is 1. The number of likely N-dealkylation sites (tertiary alicyclic amines) is 1. The third-order valence-corrected chi connectivity index (χ3v) is 4.51. The summed E-state index contributed by atoms with van der Waals surface area (Å²) in [6, 6.07) is 6.72. The number of carboxylic acids is 1. The number of benzene rings is 1. The Balaban J connectivity index is 1.51. The number of carbonyl (C=O) groups is 1. The highest BCUT2D eigenvalue weighted by Gasteiger charge is 2.51. The fraction of sp³-hybridized carbons (Fsp3) is 0.562. The maximum absolute atomic E-state index is 12.3. The molecule has 1 aliphatic carbocycles. The molecule has 7 heteroatoms. The smallest absolute Gasteiger partial charge is 0.422 e. The fourth-order valence-corrected chi connectivity index (χ4v) is 3.21. The summed E-state index contributed by atoms with van der Waals surface area (Å²) < 4.78 is 41.7. The number of ether oxygens (including phenoxy) is 1. The average molecular weight is 329 g/mol. The van der Waals surface area contributed by atoms with Crippen LogP contribution < -0.4 is 4.74 Å². The van der Waals surface area contributed by atoms with Gasteiger partial charge in [0.15, 0.2) is 6.61 Å². The Morgan fingerprint density at radius 3 is 2.61 bits per heavy atom. The topological polar surface area (TPSA) is 49.8 Å². The van der Waals surface area contributed by atoms with Crippen LogP contribution in [0, 0.1) is 17.8 Å². The number of hydrogen-bond acceptors (Lipinski definition) is 3. The first-order valence-electron chi connectivity index (χ1n) is 7.56. The van der Waals surface area contributed by atoms with Crippen molar-refractivity contribution in [3.63, 3.8) is 0 Å². The van der Waals surface area contributed by atoms with Gasteiger partial charge in [0.1, 0.15) is 5.75 Å². The molecule has 0 bridgehead atoms. The fourth-order valence-electron chi connectivity index (χ4n) is 3.21. The standard InChI is InChI=1S/C16H18F3NO3/c17-16(18,19)9-23-14-4-2-1-3-10(14)6-20-7-11(8-20)12-5-13(12)15(21)22/h1-4,11-13H,5-9H2,(H,21,22)/t12-,13+/m0/s1. The number of rotatable bonds is 6. The third kappa shape index (κ3) is 3.96. The molecule has 1 saturated heterocycles. The van der Waals surface area contributed by atoms with Crippen LogP contribution in [0.25, 0.3) is 0 Å². The number of hydrogen-bond donors (Lipinski definition) is 1. The van der Waals surface area contributed by atoms with E-state index in [1.165, 1.54) is 0 Å². The van der Waals surface area contributed by atoms with Crippen molar-refractivity contribution < 1.29 is 27.8 Å². The van der Waals surface area contributed by atoms with Crippen molar-refractivity contribution in [1.82, 2.24) is 4.90 Å². The van der Waals surface area contributed by atoms with Gasteiger partial charge in [-0.05, 0) is 24.3 Å². The summed E-state index contributed by atoms with van der Waals surface area (Å²) in [5, 5.41) is 8.93. The molecule has 2 atom stereocenters. The van der Waals surface area contributed by atoms with Gasteiger partial charge in [-0.1, -0.05) is 18.2 Å². The molecule has 1 aromatic carbocycles. The van der Waals surface area contributed by atoms with Crippen LogP contribution in [0.15, 0.2) is 24.3 Å². The molecule has 1 saturated carbocycles. The Bertz CT molecular complexity index is 584. The Hall–Kier alpha value is -1.76. The molecule has 1 aromatic rings. The lowest BCUT2D eigenvalue weighted by molar-refractivity contribution is -0.153. The molecule has 3 rings (SSSR count). The van der Waals surface area contributed by atoms with Gasteiger partial charge in [-0.25, -0.2) is 0 Å². The van der Waals surface area contributed by atoms with Crippen LogP contribution in [-0.4, -0.2) is 41.8 Å². The maximum atomic E-state index is 12.3. The molecule has 4 nitrogen and oxygen atoms in total. The second-order valence-corrected chi connectivity index (χ2v) is 6.31. The minimum absolute atomic E-state index is 0.204. The zero-order chi connectivity index (χ0) is 16.6. The summed E-state index contributed by atoms with van der Waals surface area (Å²) >= 11 is 0. The summed E-state index contributed by atoms with van der Waals surface area (Å²) in [5.74, 6) is -0.0214.